The van der Waals surface area contributed by atoms with Crippen molar-refractivity contribution in [2.45, 2.75) is 13.0 Å². The monoisotopic (exact) mass is 460 g/mol. The van der Waals surface area contributed by atoms with E-state index in [2.05, 4.69) is 0 Å². The summed E-state index contributed by atoms with van der Waals surface area (Å²) in [5.41, 5.74) is 1.66. The van der Waals surface area contributed by atoms with Gasteiger partial charge in [0.1, 0.15) is 41.4 Å². The number of ketones is 1. The number of likely N-dealkylation sites (N-methyl/N-ethyl adjacent to an activating group) is 1. The van der Waals surface area contributed by atoms with E-state index in [9.17, 15) is 14.7 Å². The van der Waals surface area contributed by atoms with Gasteiger partial charge in [-0.05, 0) is 61.5 Å². The second-order valence-electron chi connectivity index (χ2n) is 8.27. The van der Waals surface area contributed by atoms with Crippen molar-refractivity contribution in [1.29, 1.82) is 0 Å². The smallest absolute Gasteiger partial charge is 0.300 e. The van der Waals surface area contributed by atoms with Crippen LogP contribution in [0.5, 0.6) is 11.5 Å². The molecular formula is C26H24N2O6. The van der Waals surface area contributed by atoms with Crippen LogP contribution in [0.4, 0.5) is 11.4 Å². The molecule has 2 aliphatic rings. The van der Waals surface area contributed by atoms with Crippen molar-refractivity contribution in [3.63, 3.8) is 0 Å². The molecule has 1 aromatic heterocycles. The van der Waals surface area contributed by atoms with Crippen LogP contribution in [0.2, 0.25) is 0 Å². The first-order valence-electron chi connectivity index (χ1n) is 10.9. The summed E-state index contributed by atoms with van der Waals surface area (Å²) >= 11 is 0. The van der Waals surface area contributed by atoms with Crippen molar-refractivity contribution in [2.24, 2.45) is 0 Å². The predicted molar refractivity (Wildman–Crippen MR) is 126 cm³/mol. The first-order chi connectivity index (χ1) is 16.4. The van der Waals surface area contributed by atoms with E-state index in [0.717, 1.165) is 5.69 Å². The lowest BCUT2D eigenvalue weighted by atomic mass is 9.98. The minimum atomic E-state index is -0.924. The Morgan fingerprint density at radius 2 is 1.85 bits per heavy atom. The van der Waals surface area contributed by atoms with Gasteiger partial charge in [-0.15, -0.1) is 0 Å². The second kappa shape index (κ2) is 8.30. The SMILES string of the molecule is COc1ccc(N2C(=O)C(=O)/C(=C(\O)c3ccc4c(c3)N(C)CCO4)C2c2ccc(C)o2)cc1. The molecule has 1 fully saturated rings. The van der Waals surface area contributed by atoms with Crippen LogP contribution in [0.1, 0.15) is 23.1 Å². The number of aliphatic hydroxyl groups excluding tert-OH is 1. The van der Waals surface area contributed by atoms with Crippen molar-refractivity contribution in [2.75, 3.05) is 37.1 Å². The number of aliphatic hydroxyl groups is 1. The normalized spacial score (nSPS) is 19.2. The highest BCUT2D eigenvalue weighted by Crippen LogP contribution is 2.44. The van der Waals surface area contributed by atoms with E-state index in [-0.39, 0.29) is 11.3 Å². The fourth-order valence-corrected chi connectivity index (χ4v) is 4.36. The highest BCUT2D eigenvalue weighted by Gasteiger charge is 2.48. The summed E-state index contributed by atoms with van der Waals surface area (Å²) in [4.78, 5) is 29.8. The van der Waals surface area contributed by atoms with E-state index < -0.39 is 17.7 Å². The summed E-state index contributed by atoms with van der Waals surface area (Å²) in [6.45, 7) is 3.05. The molecule has 3 heterocycles. The number of ether oxygens (including phenoxy) is 2. The molecule has 1 saturated heterocycles. The summed E-state index contributed by atoms with van der Waals surface area (Å²) < 4.78 is 16.7. The van der Waals surface area contributed by atoms with E-state index in [1.807, 2.05) is 11.9 Å². The van der Waals surface area contributed by atoms with Gasteiger partial charge in [0.05, 0.1) is 24.9 Å². The molecule has 1 amide bonds. The molecule has 1 atom stereocenters. The van der Waals surface area contributed by atoms with Crippen LogP contribution < -0.4 is 19.3 Å². The third-order valence-corrected chi connectivity index (χ3v) is 6.15. The molecule has 0 bridgehead atoms. The number of carbonyl (C=O) groups is 2. The number of fused-ring (bicyclic) bond motifs is 1. The average molecular weight is 460 g/mol. The summed E-state index contributed by atoms with van der Waals surface area (Å²) in [7, 11) is 3.48. The number of anilines is 2. The third-order valence-electron chi connectivity index (χ3n) is 6.15. The molecule has 0 radical (unpaired) electrons. The Hall–Kier alpha value is -4.20. The highest BCUT2D eigenvalue weighted by atomic mass is 16.5. The minimum Gasteiger partial charge on any atom is -0.507 e. The largest absolute Gasteiger partial charge is 0.507 e. The maximum atomic E-state index is 13.3. The molecule has 34 heavy (non-hydrogen) atoms. The second-order valence-corrected chi connectivity index (χ2v) is 8.27. The van der Waals surface area contributed by atoms with Gasteiger partial charge in [0.25, 0.3) is 11.7 Å². The Morgan fingerprint density at radius 1 is 1.09 bits per heavy atom. The summed E-state index contributed by atoms with van der Waals surface area (Å²) in [5, 5.41) is 11.3. The van der Waals surface area contributed by atoms with Gasteiger partial charge in [-0.2, -0.15) is 0 Å². The maximum Gasteiger partial charge on any atom is 0.300 e. The van der Waals surface area contributed by atoms with Crippen LogP contribution in [0, 0.1) is 6.92 Å². The van der Waals surface area contributed by atoms with Crippen LogP contribution in [-0.2, 0) is 9.59 Å². The van der Waals surface area contributed by atoms with Gasteiger partial charge in [-0.25, -0.2) is 0 Å². The Balaban J connectivity index is 1.67. The first kappa shape index (κ1) is 21.6. The fraction of sp³-hybridized carbons (Fsp3) is 0.231. The van der Waals surface area contributed by atoms with Gasteiger partial charge in [-0.1, -0.05) is 0 Å². The van der Waals surface area contributed by atoms with E-state index in [1.54, 1.807) is 68.6 Å². The quantitative estimate of drug-likeness (QED) is 0.357. The minimum absolute atomic E-state index is 0.0329. The molecule has 0 saturated carbocycles. The lowest BCUT2D eigenvalue weighted by Gasteiger charge is -2.28. The van der Waals surface area contributed by atoms with E-state index in [4.69, 9.17) is 13.9 Å². The molecule has 2 aliphatic heterocycles. The number of nitrogens with zero attached hydrogens (tertiary/aromatic N) is 2. The summed E-state index contributed by atoms with van der Waals surface area (Å²) in [6.07, 6.45) is 0. The van der Waals surface area contributed by atoms with Crippen LogP contribution in [0.15, 0.2) is 64.6 Å². The molecule has 3 aromatic rings. The number of hydrogen-bond donors (Lipinski definition) is 1. The molecule has 8 nitrogen and oxygen atoms in total. The maximum absolute atomic E-state index is 13.3. The van der Waals surface area contributed by atoms with Gasteiger partial charge < -0.3 is 23.9 Å². The zero-order chi connectivity index (χ0) is 24.0. The number of rotatable bonds is 4. The zero-order valence-corrected chi connectivity index (χ0v) is 19.1. The lowest BCUT2D eigenvalue weighted by molar-refractivity contribution is -0.132. The Kier molecular flexibility index (Phi) is 5.28. The van der Waals surface area contributed by atoms with Crippen molar-refractivity contribution in [1.82, 2.24) is 0 Å². The molecular weight excluding hydrogens is 436 g/mol. The third kappa shape index (κ3) is 3.48. The van der Waals surface area contributed by atoms with Gasteiger partial charge in [-0.3, -0.25) is 14.5 Å². The van der Waals surface area contributed by atoms with Crippen LogP contribution >= 0.6 is 0 Å². The number of hydrogen-bond acceptors (Lipinski definition) is 7. The molecule has 1 N–H and O–H groups in total. The Morgan fingerprint density at radius 3 is 2.53 bits per heavy atom. The van der Waals surface area contributed by atoms with Gasteiger partial charge in [0.2, 0.25) is 0 Å². The fourth-order valence-electron chi connectivity index (χ4n) is 4.36. The van der Waals surface area contributed by atoms with Crippen molar-refractivity contribution < 1.29 is 28.6 Å². The number of Topliss-reactive ketones (excluding diaryl/α,β-unsaturated/α-hetero) is 1. The standard InChI is InChI=1S/C26H24N2O6/c1-15-4-10-21(34-15)23-22(24(29)16-5-11-20-19(14-16)27(2)12-13-33-20)25(30)26(31)28(23)17-6-8-18(32-3)9-7-17/h4-11,14,23,29H,12-13H2,1-3H3/b24-22-. The van der Waals surface area contributed by atoms with E-state index in [0.29, 0.717) is 47.4 Å². The molecule has 0 aliphatic carbocycles. The van der Waals surface area contributed by atoms with Crippen LogP contribution in [-0.4, -0.2) is 44.1 Å². The Bertz CT molecular complexity index is 1310. The van der Waals surface area contributed by atoms with Crippen molar-refractivity contribution in [3.05, 3.63) is 77.3 Å². The van der Waals surface area contributed by atoms with Gasteiger partial charge >= 0.3 is 0 Å². The topological polar surface area (TPSA) is 92.5 Å². The molecule has 1 unspecified atom stereocenters. The van der Waals surface area contributed by atoms with E-state index >= 15 is 0 Å². The van der Waals surface area contributed by atoms with Gasteiger partial charge in [0, 0.05) is 18.3 Å². The van der Waals surface area contributed by atoms with Gasteiger partial charge in [0.15, 0.2) is 0 Å². The zero-order valence-electron chi connectivity index (χ0n) is 19.1. The van der Waals surface area contributed by atoms with E-state index in [1.165, 1.54) is 4.90 Å². The average Bonchev–Trinajstić information content (AvgIpc) is 3.39. The molecule has 8 heteroatoms. The molecule has 2 aromatic carbocycles. The first-order valence-corrected chi connectivity index (χ1v) is 10.9. The summed E-state index contributed by atoms with van der Waals surface area (Å²) in [6, 6.07) is 14.5. The van der Waals surface area contributed by atoms with Crippen LogP contribution in [0.3, 0.4) is 0 Å². The number of benzene rings is 2. The summed E-state index contributed by atoms with van der Waals surface area (Å²) in [5.74, 6) is 0.526. The predicted octanol–water partition coefficient (Wildman–Crippen LogP) is 4.05. The highest BCUT2D eigenvalue weighted by molar-refractivity contribution is 6.51. The lowest BCUT2D eigenvalue weighted by Crippen LogP contribution is -2.29. The Labute approximate surface area is 196 Å². The number of furan rings is 1. The molecule has 5 rings (SSSR count). The number of methoxy groups -OCH3 is 1. The van der Waals surface area contributed by atoms with Crippen molar-refractivity contribution >= 4 is 28.8 Å². The molecule has 0 spiro atoms. The number of aryl methyl sites for hydroxylation is 1. The molecule has 174 valence electrons. The van der Waals surface area contributed by atoms with Crippen LogP contribution in [0.25, 0.3) is 5.76 Å². The van der Waals surface area contributed by atoms with Crippen molar-refractivity contribution in [3.8, 4) is 11.5 Å². The number of carbonyl (C=O) groups excluding carboxylic acids is 2. The number of amides is 1.